The summed E-state index contributed by atoms with van der Waals surface area (Å²) in [5, 5.41) is 0.626. The second-order valence-corrected chi connectivity index (χ2v) is 6.62. The molecule has 23 heavy (non-hydrogen) atoms. The number of anilines is 1. The Hall–Kier alpha value is -1.66. The fourth-order valence-corrected chi connectivity index (χ4v) is 3.11. The molecule has 3 heterocycles. The van der Waals surface area contributed by atoms with Crippen LogP contribution in [-0.4, -0.2) is 48.2 Å². The van der Waals surface area contributed by atoms with E-state index in [9.17, 15) is 4.79 Å². The Bertz CT molecular complexity index is 666. The van der Waals surface area contributed by atoms with E-state index in [0.717, 1.165) is 30.4 Å². The number of furan rings is 1. The van der Waals surface area contributed by atoms with Crippen LogP contribution in [0.3, 0.4) is 0 Å². The Balaban J connectivity index is 1.59. The standard InChI is InChI=1S/C16H18ClN3O2S/c1-23-11-13-3-4-14(22-13)16(21)20-8-6-19(7-9-20)15-5-2-12(17)10-18-15/h2-5,10H,6-9,11H2,1H3. The molecule has 1 aliphatic rings. The van der Waals surface area contributed by atoms with Gasteiger partial charge in [0, 0.05) is 32.4 Å². The molecular weight excluding hydrogens is 334 g/mol. The van der Waals surface area contributed by atoms with Gasteiger partial charge in [-0.25, -0.2) is 4.98 Å². The number of rotatable bonds is 4. The third kappa shape index (κ3) is 3.82. The Morgan fingerprint density at radius 2 is 2.04 bits per heavy atom. The Labute approximate surface area is 144 Å². The molecule has 2 aromatic rings. The van der Waals surface area contributed by atoms with Crippen LogP contribution in [0.25, 0.3) is 0 Å². The van der Waals surface area contributed by atoms with E-state index in [1.54, 1.807) is 24.0 Å². The van der Waals surface area contributed by atoms with Crippen molar-refractivity contribution in [3.05, 3.63) is 47.0 Å². The van der Waals surface area contributed by atoms with Crippen molar-refractivity contribution < 1.29 is 9.21 Å². The third-order valence-electron chi connectivity index (χ3n) is 3.76. The number of nitrogens with zero attached hydrogens (tertiary/aromatic N) is 3. The molecule has 0 aliphatic carbocycles. The molecule has 0 radical (unpaired) electrons. The fraction of sp³-hybridized carbons (Fsp3) is 0.375. The molecule has 0 N–H and O–H groups in total. The average molecular weight is 352 g/mol. The van der Waals surface area contributed by atoms with E-state index in [2.05, 4.69) is 9.88 Å². The molecule has 122 valence electrons. The monoisotopic (exact) mass is 351 g/mol. The van der Waals surface area contributed by atoms with Crippen LogP contribution in [-0.2, 0) is 5.75 Å². The molecule has 1 fully saturated rings. The minimum Gasteiger partial charge on any atom is -0.455 e. The second kappa shape index (κ2) is 7.27. The van der Waals surface area contributed by atoms with Crippen LogP contribution in [0, 0.1) is 0 Å². The summed E-state index contributed by atoms with van der Waals surface area (Å²) in [5.74, 6) is 2.89. The van der Waals surface area contributed by atoms with Gasteiger partial charge in [0.15, 0.2) is 5.76 Å². The van der Waals surface area contributed by atoms with E-state index in [4.69, 9.17) is 16.0 Å². The maximum Gasteiger partial charge on any atom is 0.289 e. The maximum atomic E-state index is 12.5. The summed E-state index contributed by atoms with van der Waals surface area (Å²) in [6.45, 7) is 2.81. The molecule has 3 rings (SSSR count). The molecule has 1 amide bonds. The first-order chi connectivity index (χ1) is 11.2. The summed E-state index contributed by atoms with van der Waals surface area (Å²) in [6, 6.07) is 7.37. The van der Waals surface area contributed by atoms with Gasteiger partial charge in [-0.05, 0) is 30.5 Å². The van der Waals surface area contributed by atoms with E-state index in [0.29, 0.717) is 23.9 Å². The zero-order valence-electron chi connectivity index (χ0n) is 12.9. The summed E-state index contributed by atoms with van der Waals surface area (Å²) in [5.41, 5.74) is 0. The fourth-order valence-electron chi connectivity index (χ4n) is 2.56. The van der Waals surface area contributed by atoms with Gasteiger partial charge in [0.25, 0.3) is 5.91 Å². The van der Waals surface area contributed by atoms with Crippen molar-refractivity contribution in [1.29, 1.82) is 0 Å². The molecule has 5 nitrogen and oxygen atoms in total. The highest BCUT2D eigenvalue weighted by atomic mass is 35.5. The van der Waals surface area contributed by atoms with Crippen LogP contribution in [0.4, 0.5) is 5.82 Å². The lowest BCUT2D eigenvalue weighted by Crippen LogP contribution is -2.49. The van der Waals surface area contributed by atoms with Gasteiger partial charge in [-0.15, -0.1) is 0 Å². The second-order valence-electron chi connectivity index (χ2n) is 5.31. The van der Waals surface area contributed by atoms with Crippen molar-refractivity contribution in [2.75, 3.05) is 37.3 Å². The first-order valence-corrected chi connectivity index (χ1v) is 9.18. The van der Waals surface area contributed by atoms with Gasteiger partial charge >= 0.3 is 0 Å². The number of piperazine rings is 1. The first kappa shape index (κ1) is 16.2. The quantitative estimate of drug-likeness (QED) is 0.846. The molecule has 0 unspecified atom stereocenters. The third-order valence-corrected chi connectivity index (χ3v) is 4.56. The van der Waals surface area contributed by atoms with E-state index >= 15 is 0 Å². The van der Waals surface area contributed by atoms with Crippen molar-refractivity contribution in [3.63, 3.8) is 0 Å². The summed E-state index contributed by atoms with van der Waals surface area (Å²) in [7, 11) is 0. The van der Waals surface area contributed by atoms with Gasteiger partial charge < -0.3 is 14.2 Å². The molecule has 0 aromatic carbocycles. The predicted molar refractivity (Wildman–Crippen MR) is 93.3 cm³/mol. The van der Waals surface area contributed by atoms with E-state index < -0.39 is 0 Å². The van der Waals surface area contributed by atoms with Crippen LogP contribution >= 0.6 is 23.4 Å². The minimum absolute atomic E-state index is 0.0407. The van der Waals surface area contributed by atoms with E-state index in [-0.39, 0.29) is 5.91 Å². The molecule has 1 saturated heterocycles. The number of amides is 1. The number of thioether (sulfide) groups is 1. The Kier molecular flexibility index (Phi) is 5.13. The van der Waals surface area contributed by atoms with Gasteiger partial charge in [0.2, 0.25) is 0 Å². The molecule has 1 aliphatic heterocycles. The van der Waals surface area contributed by atoms with Crippen molar-refractivity contribution in [3.8, 4) is 0 Å². The number of pyridine rings is 1. The molecule has 7 heteroatoms. The molecule has 0 bridgehead atoms. The van der Waals surface area contributed by atoms with Gasteiger partial charge in [-0.2, -0.15) is 11.8 Å². The lowest BCUT2D eigenvalue weighted by Gasteiger charge is -2.35. The van der Waals surface area contributed by atoms with Gasteiger partial charge in [0.1, 0.15) is 11.6 Å². The predicted octanol–water partition coefficient (Wildman–Crippen LogP) is 3.15. The zero-order valence-corrected chi connectivity index (χ0v) is 14.4. The first-order valence-electron chi connectivity index (χ1n) is 7.41. The van der Waals surface area contributed by atoms with Crippen LogP contribution in [0.2, 0.25) is 5.02 Å². The van der Waals surface area contributed by atoms with Gasteiger partial charge in [-0.3, -0.25) is 4.79 Å². The highest BCUT2D eigenvalue weighted by Crippen LogP contribution is 2.19. The number of carbonyl (C=O) groups excluding carboxylic acids is 1. The molecule has 0 spiro atoms. The highest BCUT2D eigenvalue weighted by molar-refractivity contribution is 7.97. The molecule has 0 saturated carbocycles. The molecule has 0 atom stereocenters. The number of halogens is 1. The SMILES string of the molecule is CSCc1ccc(C(=O)N2CCN(c3ccc(Cl)cn3)CC2)o1. The van der Waals surface area contributed by atoms with Crippen molar-refractivity contribution in [2.45, 2.75) is 5.75 Å². The van der Waals surface area contributed by atoms with Crippen molar-refractivity contribution in [1.82, 2.24) is 9.88 Å². The minimum atomic E-state index is -0.0407. The topological polar surface area (TPSA) is 49.6 Å². The smallest absolute Gasteiger partial charge is 0.289 e. The van der Waals surface area contributed by atoms with Crippen LogP contribution in [0.1, 0.15) is 16.3 Å². The van der Waals surface area contributed by atoms with Gasteiger partial charge in [-0.1, -0.05) is 11.6 Å². The van der Waals surface area contributed by atoms with Crippen molar-refractivity contribution >= 4 is 35.1 Å². The average Bonchev–Trinajstić information content (AvgIpc) is 3.04. The Morgan fingerprint density at radius 1 is 1.26 bits per heavy atom. The summed E-state index contributed by atoms with van der Waals surface area (Å²) < 4.78 is 5.61. The molecular formula is C16H18ClN3O2S. The largest absolute Gasteiger partial charge is 0.455 e. The summed E-state index contributed by atoms with van der Waals surface area (Å²) >= 11 is 7.53. The number of carbonyl (C=O) groups is 1. The zero-order chi connectivity index (χ0) is 16.2. The number of hydrogen-bond acceptors (Lipinski definition) is 5. The van der Waals surface area contributed by atoms with Crippen LogP contribution in [0.5, 0.6) is 0 Å². The van der Waals surface area contributed by atoms with E-state index in [1.807, 2.05) is 29.4 Å². The summed E-state index contributed by atoms with van der Waals surface area (Å²) in [4.78, 5) is 20.8. The van der Waals surface area contributed by atoms with Gasteiger partial charge in [0.05, 0.1) is 10.8 Å². The lowest BCUT2D eigenvalue weighted by molar-refractivity contribution is 0.0713. The van der Waals surface area contributed by atoms with Crippen LogP contribution in [0.15, 0.2) is 34.9 Å². The highest BCUT2D eigenvalue weighted by Gasteiger charge is 2.24. The lowest BCUT2D eigenvalue weighted by atomic mass is 10.2. The normalized spacial score (nSPS) is 15.0. The number of hydrogen-bond donors (Lipinski definition) is 0. The summed E-state index contributed by atoms with van der Waals surface area (Å²) in [6.07, 6.45) is 3.65. The Morgan fingerprint density at radius 3 is 2.70 bits per heavy atom. The van der Waals surface area contributed by atoms with Crippen LogP contribution < -0.4 is 4.90 Å². The molecule has 2 aromatic heterocycles. The maximum absolute atomic E-state index is 12.5. The van der Waals surface area contributed by atoms with Crippen molar-refractivity contribution in [2.24, 2.45) is 0 Å². The number of aromatic nitrogens is 1. The van der Waals surface area contributed by atoms with E-state index in [1.165, 1.54) is 0 Å².